The summed E-state index contributed by atoms with van der Waals surface area (Å²) in [4.78, 5) is 17.5. The van der Waals surface area contributed by atoms with Crippen molar-refractivity contribution in [3.63, 3.8) is 0 Å². The largest absolute Gasteiger partial charge is 0.325 e. The number of likely N-dealkylation sites (N-methyl/N-ethyl adjacent to an activating group) is 1. The SMILES string of the molecule is Cc1cc(SN(C)CC(=O)Nc2ccn3cncc3c2)c2[nH]ncc2c1. The Balaban J connectivity index is 1.42. The number of aromatic amines is 1. The molecule has 0 unspecified atom stereocenters. The minimum absolute atomic E-state index is 0.0719. The van der Waals surface area contributed by atoms with E-state index >= 15 is 0 Å². The van der Waals surface area contributed by atoms with Gasteiger partial charge in [0, 0.05) is 22.2 Å². The van der Waals surface area contributed by atoms with Crippen LogP contribution >= 0.6 is 11.9 Å². The number of nitrogens with zero attached hydrogens (tertiary/aromatic N) is 4. The number of aromatic nitrogens is 4. The van der Waals surface area contributed by atoms with Gasteiger partial charge in [-0.15, -0.1) is 0 Å². The topological polar surface area (TPSA) is 78.3 Å². The molecular weight excluding hydrogens is 348 g/mol. The van der Waals surface area contributed by atoms with Gasteiger partial charge in [0.25, 0.3) is 0 Å². The second kappa shape index (κ2) is 6.81. The summed E-state index contributed by atoms with van der Waals surface area (Å²) in [5.74, 6) is -0.0719. The number of H-pyrrole nitrogens is 1. The average Bonchev–Trinajstić information content (AvgIpc) is 3.22. The van der Waals surface area contributed by atoms with E-state index in [1.54, 1.807) is 12.5 Å². The van der Waals surface area contributed by atoms with E-state index in [0.29, 0.717) is 0 Å². The highest BCUT2D eigenvalue weighted by Gasteiger charge is 2.12. The fourth-order valence-corrected chi connectivity index (χ4v) is 3.85. The number of carbonyl (C=O) groups excluding carboxylic acids is 1. The summed E-state index contributed by atoms with van der Waals surface area (Å²) in [6.07, 6.45) is 7.16. The molecule has 0 aliphatic heterocycles. The summed E-state index contributed by atoms with van der Waals surface area (Å²) in [6.45, 7) is 2.31. The van der Waals surface area contributed by atoms with Crippen molar-refractivity contribution in [2.45, 2.75) is 11.8 Å². The Kier molecular flexibility index (Phi) is 4.36. The van der Waals surface area contributed by atoms with Gasteiger partial charge in [0.1, 0.15) is 0 Å². The van der Waals surface area contributed by atoms with Crippen LogP contribution in [0.1, 0.15) is 5.56 Å². The van der Waals surface area contributed by atoms with Gasteiger partial charge >= 0.3 is 0 Å². The number of rotatable bonds is 5. The van der Waals surface area contributed by atoms with Crippen LogP contribution in [0.25, 0.3) is 16.4 Å². The molecule has 3 heterocycles. The number of benzene rings is 1. The normalized spacial score (nSPS) is 11.5. The van der Waals surface area contributed by atoms with E-state index in [4.69, 9.17) is 0 Å². The third kappa shape index (κ3) is 3.42. The molecule has 7 nitrogen and oxygen atoms in total. The molecule has 0 atom stereocenters. The van der Waals surface area contributed by atoms with E-state index < -0.39 is 0 Å². The molecule has 0 radical (unpaired) electrons. The highest BCUT2D eigenvalue weighted by Crippen LogP contribution is 2.29. The molecule has 0 aliphatic carbocycles. The summed E-state index contributed by atoms with van der Waals surface area (Å²) >= 11 is 1.52. The van der Waals surface area contributed by atoms with Gasteiger partial charge in [-0.05, 0) is 55.7 Å². The molecule has 4 aromatic rings. The lowest BCUT2D eigenvalue weighted by molar-refractivity contribution is -0.116. The third-order valence-electron chi connectivity index (χ3n) is 3.98. The molecule has 3 aromatic heterocycles. The van der Waals surface area contributed by atoms with Crippen LogP contribution in [0.15, 0.2) is 54.1 Å². The summed E-state index contributed by atoms with van der Waals surface area (Å²) in [7, 11) is 1.90. The molecule has 26 heavy (non-hydrogen) atoms. The van der Waals surface area contributed by atoms with Crippen molar-refractivity contribution >= 4 is 40.0 Å². The Bertz CT molecular complexity index is 1090. The Morgan fingerprint density at radius 2 is 2.23 bits per heavy atom. The minimum Gasteiger partial charge on any atom is -0.325 e. The number of amides is 1. The van der Waals surface area contributed by atoms with Gasteiger partial charge < -0.3 is 9.72 Å². The molecule has 2 N–H and O–H groups in total. The van der Waals surface area contributed by atoms with E-state index in [0.717, 1.165) is 32.6 Å². The number of nitrogens with one attached hydrogen (secondary N) is 2. The first-order valence-electron chi connectivity index (χ1n) is 8.13. The fraction of sp³-hybridized carbons (Fsp3) is 0.167. The van der Waals surface area contributed by atoms with Crippen LogP contribution < -0.4 is 5.32 Å². The summed E-state index contributed by atoms with van der Waals surface area (Å²) in [6, 6.07) is 7.93. The molecule has 0 bridgehead atoms. The van der Waals surface area contributed by atoms with Crippen molar-refractivity contribution in [3.8, 4) is 0 Å². The van der Waals surface area contributed by atoms with Crippen LogP contribution in [0, 0.1) is 6.92 Å². The third-order valence-corrected chi connectivity index (χ3v) is 4.93. The van der Waals surface area contributed by atoms with Gasteiger partial charge in [-0.25, -0.2) is 9.29 Å². The van der Waals surface area contributed by atoms with Gasteiger partial charge in [0.2, 0.25) is 5.91 Å². The quantitative estimate of drug-likeness (QED) is 0.531. The molecule has 8 heteroatoms. The van der Waals surface area contributed by atoms with E-state index in [1.807, 2.05) is 40.3 Å². The number of hydrogen-bond acceptors (Lipinski definition) is 5. The molecular formula is C18H18N6OS. The lowest BCUT2D eigenvalue weighted by Gasteiger charge is -2.16. The molecule has 0 saturated heterocycles. The molecule has 4 rings (SSSR count). The average molecular weight is 366 g/mol. The molecule has 1 amide bonds. The Morgan fingerprint density at radius 3 is 3.12 bits per heavy atom. The van der Waals surface area contributed by atoms with Crippen molar-refractivity contribution in [1.82, 2.24) is 23.9 Å². The van der Waals surface area contributed by atoms with Gasteiger partial charge in [-0.1, -0.05) is 0 Å². The van der Waals surface area contributed by atoms with Crippen LogP contribution in [0.4, 0.5) is 5.69 Å². The second-order valence-electron chi connectivity index (χ2n) is 6.16. The van der Waals surface area contributed by atoms with E-state index in [9.17, 15) is 4.79 Å². The molecule has 0 aliphatic rings. The van der Waals surface area contributed by atoms with Crippen molar-refractivity contribution in [2.24, 2.45) is 0 Å². The minimum atomic E-state index is -0.0719. The van der Waals surface area contributed by atoms with Crippen LogP contribution in [0.5, 0.6) is 0 Å². The smallest absolute Gasteiger partial charge is 0.239 e. The van der Waals surface area contributed by atoms with E-state index in [2.05, 4.69) is 39.6 Å². The van der Waals surface area contributed by atoms with Gasteiger partial charge in [-0.3, -0.25) is 9.89 Å². The van der Waals surface area contributed by atoms with Crippen molar-refractivity contribution in [1.29, 1.82) is 0 Å². The van der Waals surface area contributed by atoms with Gasteiger partial charge in [-0.2, -0.15) is 5.10 Å². The van der Waals surface area contributed by atoms with Crippen molar-refractivity contribution in [2.75, 3.05) is 18.9 Å². The summed E-state index contributed by atoms with van der Waals surface area (Å²) < 4.78 is 3.80. The molecule has 0 spiro atoms. The number of carbonyl (C=O) groups is 1. The van der Waals surface area contributed by atoms with Crippen LogP contribution in [-0.2, 0) is 4.79 Å². The second-order valence-corrected chi connectivity index (χ2v) is 7.41. The number of aryl methyl sites for hydroxylation is 1. The summed E-state index contributed by atoms with van der Waals surface area (Å²) in [5, 5.41) is 11.1. The standard InChI is InChI=1S/C18H18N6OS/c1-12-5-13-8-20-22-18(13)16(6-12)26-23(2)10-17(25)21-14-3-4-24-11-19-9-15(24)7-14/h3-9,11H,10H2,1-2H3,(H,20,22)(H,21,25). The maximum Gasteiger partial charge on any atom is 0.239 e. The van der Waals surface area contributed by atoms with Crippen LogP contribution in [0.2, 0.25) is 0 Å². The molecule has 1 aromatic carbocycles. The first-order chi connectivity index (χ1) is 12.6. The van der Waals surface area contributed by atoms with Crippen LogP contribution in [0.3, 0.4) is 0 Å². The fourth-order valence-electron chi connectivity index (χ4n) is 2.84. The number of imidazole rings is 1. The van der Waals surface area contributed by atoms with E-state index in [1.165, 1.54) is 11.9 Å². The molecule has 0 saturated carbocycles. The number of fused-ring (bicyclic) bond motifs is 2. The number of pyridine rings is 1. The number of hydrogen-bond donors (Lipinski definition) is 2. The zero-order chi connectivity index (χ0) is 18.1. The van der Waals surface area contributed by atoms with Gasteiger partial charge in [0.05, 0.1) is 36.3 Å². The van der Waals surface area contributed by atoms with Crippen molar-refractivity contribution in [3.05, 3.63) is 54.7 Å². The first kappa shape index (κ1) is 16.6. The van der Waals surface area contributed by atoms with Gasteiger partial charge in [0.15, 0.2) is 0 Å². The maximum atomic E-state index is 12.4. The number of anilines is 1. The maximum absolute atomic E-state index is 12.4. The zero-order valence-electron chi connectivity index (χ0n) is 14.4. The first-order valence-corrected chi connectivity index (χ1v) is 8.90. The Hall–Kier alpha value is -2.84. The molecule has 0 fully saturated rings. The van der Waals surface area contributed by atoms with Crippen molar-refractivity contribution < 1.29 is 4.79 Å². The lowest BCUT2D eigenvalue weighted by atomic mass is 10.2. The van der Waals surface area contributed by atoms with Crippen LogP contribution in [-0.4, -0.2) is 43.4 Å². The monoisotopic (exact) mass is 366 g/mol. The predicted molar refractivity (Wildman–Crippen MR) is 103 cm³/mol. The predicted octanol–water partition coefficient (Wildman–Crippen LogP) is 3.10. The highest BCUT2D eigenvalue weighted by molar-refractivity contribution is 7.97. The highest BCUT2D eigenvalue weighted by atomic mass is 32.2. The summed E-state index contributed by atoms with van der Waals surface area (Å²) in [5.41, 5.74) is 3.84. The molecule has 132 valence electrons. The zero-order valence-corrected chi connectivity index (χ0v) is 15.2. The Labute approximate surface area is 154 Å². The van der Waals surface area contributed by atoms with E-state index in [-0.39, 0.29) is 12.5 Å². The lowest BCUT2D eigenvalue weighted by Crippen LogP contribution is -2.25. The Morgan fingerprint density at radius 1 is 1.35 bits per heavy atom.